The minimum atomic E-state index is -4.65. The number of benzene rings is 1. The number of alkyl halides is 3. The molecule has 0 bridgehead atoms. The van der Waals surface area contributed by atoms with E-state index in [4.69, 9.17) is 4.74 Å². The lowest BCUT2D eigenvalue weighted by molar-refractivity contribution is -0.274. The predicted octanol–water partition coefficient (Wildman–Crippen LogP) is 2.25. The van der Waals surface area contributed by atoms with Gasteiger partial charge in [0.15, 0.2) is 0 Å². The Hall–Kier alpha value is -1.27. The largest absolute Gasteiger partial charge is 0.573 e. The molecule has 6 heteroatoms. The topological polar surface area (TPSA) is 30.5 Å². The van der Waals surface area contributed by atoms with Gasteiger partial charge in [0.25, 0.3) is 0 Å². The van der Waals surface area contributed by atoms with E-state index >= 15 is 0 Å². The number of hydrogen-bond donors (Lipinski definition) is 1. The second-order valence-electron chi connectivity index (χ2n) is 3.68. The zero-order valence-corrected chi connectivity index (χ0v) is 8.96. The third-order valence-corrected chi connectivity index (χ3v) is 2.41. The standard InChI is InChI=1S/C11H12F3NO2/c12-11(13,14)17-9-3-1-8(2-4-9)10-7-15-5-6-16-10/h1-4,10,15H,5-7H2/t10-/m0/s1. The number of ether oxygens (including phenoxy) is 2. The Balaban J connectivity index is 2.02. The molecule has 1 aliphatic rings. The van der Waals surface area contributed by atoms with Gasteiger partial charge in [-0.2, -0.15) is 0 Å². The van der Waals surface area contributed by atoms with Crippen LogP contribution in [0.5, 0.6) is 5.75 Å². The molecular weight excluding hydrogens is 235 g/mol. The molecule has 0 aromatic heterocycles. The summed E-state index contributed by atoms with van der Waals surface area (Å²) in [5, 5.41) is 3.15. The van der Waals surface area contributed by atoms with Crippen molar-refractivity contribution in [3.8, 4) is 5.75 Å². The van der Waals surface area contributed by atoms with Crippen LogP contribution in [0.4, 0.5) is 13.2 Å². The minimum Gasteiger partial charge on any atom is -0.406 e. The van der Waals surface area contributed by atoms with Gasteiger partial charge in [0.2, 0.25) is 0 Å². The average Bonchev–Trinajstić information content (AvgIpc) is 2.29. The van der Waals surface area contributed by atoms with E-state index < -0.39 is 6.36 Å². The predicted molar refractivity (Wildman–Crippen MR) is 54.7 cm³/mol. The molecule has 1 aliphatic heterocycles. The van der Waals surface area contributed by atoms with Crippen LogP contribution in [0.15, 0.2) is 24.3 Å². The molecule has 0 unspecified atom stereocenters. The summed E-state index contributed by atoms with van der Waals surface area (Å²) in [6, 6.07) is 5.75. The third-order valence-electron chi connectivity index (χ3n) is 2.41. The molecule has 1 heterocycles. The van der Waals surface area contributed by atoms with Crippen molar-refractivity contribution in [3.05, 3.63) is 29.8 Å². The van der Waals surface area contributed by atoms with Gasteiger partial charge in [-0.1, -0.05) is 12.1 Å². The third kappa shape index (κ3) is 3.61. The van der Waals surface area contributed by atoms with Gasteiger partial charge < -0.3 is 14.8 Å². The van der Waals surface area contributed by atoms with Crippen molar-refractivity contribution in [2.24, 2.45) is 0 Å². The maximum absolute atomic E-state index is 11.9. The van der Waals surface area contributed by atoms with Crippen molar-refractivity contribution in [2.45, 2.75) is 12.5 Å². The molecule has 1 N–H and O–H groups in total. The number of halogens is 3. The lowest BCUT2D eigenvalue weighted by Gasteiger charge is -2.24. The summed E-state index contributed by atoms with van der Waals surface area (Å²) in [6.07, 6.45) is -4.76. The maximum Gasteiger partial charge on any atom is 0.573 e. The summed E-state index contributed by atoms with van der Waals surface area (Å²) >= 11 is 0. The summed E-state index contributed by atoms with van der Waals surface area (Å²) in [5.74, 6) is -0.218. The Kier molecular flexibility index (Phi) is 3.54. The summed E-state index contributed by atoms with van der Waals surface area (Å²) < 4.78 is 45.1. The zero-order valence-electron chi connectivity index (χ0n) is 8.96. The molecule has 0 aliphatic carbocycles. The van der Waals surface area contributed by atoms with E-state index in [1.54, 1.807) is 12.1 Å². The first-order valence-electron chi connectivity index (χ1n) is 5.22. The van der Waals surface area contributed by atoms with Gasteiger partial charge in [-0.3, -0.25) is 0 Å². The van der Waals surface area contributed by atoms with Crippen molar-refractivity contribution in [1.82, 2.24) is 5.32 Å². The van der Waals surface area contributed by atoms with Crippen LogP contribution in [-0.2, 0) is 4.74 Å². The molecule has 3 nitrogen and oxygen atoms in total. The highest BCUT2D eigenvalue weighted by Gasteiger charge is 2.31. The Morgan fingerprint density at radius 2 is 1.94 bits per heavy atom. The number of morpholine rings is 1. The summed E-state index contributed by atoms with van der Waals surface area (Å²) in [5.41, 5.74) is 0.840. The first-order valence-corrected chi connectivity index (χ1v) is 5.22. The molecule has 0 spiro atoms. The lowest BCUT2D eigenvalue weighted by atomic mass is 10.1. The Labute approximate surface area is 96.5 Å². The van der Waals surface area contributed by atoms with Crippen LogP contribution in [0.25, 0.3) is 0 Å². The maximum atomic E-state index is 11.9. The monoisotopic (exact) mass is 247 g/mol. The first-order chi connectivity index (χ1) is 8.04. The normalized spacial score (nSPS) is 21.2. The lowest BCUT2D eigenvalue weighted by Crippen LogP contribution is -2.33. The molecule has 94 valence electrons. The zero-order chi connectivity index (χ0) is 12.3. The van der Waals surface area contributed by atoms with Crippen LogP contribution in [-0.4, -0.2) is 26.1 Å². The molecular formula is C11H12F3NO2. The summed E-state index contributed by atoms with van der Waals surface area (Å²) in [6.45, 7) is 2.07. The number of hydrogen-bond acceptors (Lipinski definition) is 3. The van der Waals surface area contributed by atoms with Gasteiger partial charge >= 0.3 is 6.36 Å². The van der Waals surface area contributed by atoms with E-state index in [0.717, 1.165) is 12.1 Å². The highest BCUT2D eigenvalue weighted by molar-refractivity contribution is 5.29. The van der Waals surface area contributed by atoms with Crippen molar-refractivity contribution in [3.63, 3.8) is 0 Å². The van der Waals surface area contributed by atoms with Crippen molar-refractivity contribution >= 4 is 0 Å². The fourth-order valence-corrected chi connectivity index (χ4v) is 1.66. The van der Waals surface area contributed by atoms with Crippen molar-refractivity contribution in [1.29, 1.82) is 0 Å². The average molecular weight is 247 g/mol. The molecule has 1 fully saturated rings. The van der Waals surface area contributed by atoms with E-state index in [2.05, 4.69) is 10.1 Å². The van der Waals surface area contributed by atoms with Gasteiger partial charge in [-0.05, 0) is 17.7 Å². The molecule has 0 amide bonds. The van der Waals surface area contributed by atoms with Crippen LogP contribution in [0.3, 0.4) is 0 Å². The van der Waals surface area contributed by atoms with E-state index in [1.807, 2.05) is 0 Å². The minimum absolute atomic E-state index is 0.108. The van der Waals surface area contributed by atoms with E-state index in [0.29, 0.717) is 13.2 Å². The van der Waals surface area contributed by atoms with Crippen LogP contribution in [0.1, 0.15) is 11.7 Å². The number of rotatable bonds is 2. The summed E-state index contributed by atoms with van der Waals surface area (Å²) in [7, 11) is 0. The highest BCUT2D eigenvalue weighted by atomic mass is 19.4. The SMILES string of the molecule is FC(F)(F)Oc1ccc([C@@H]2CNCCO2)cc1. The van der Waals surface area contributed by atoms with Crippen LogP contribution in [0.2, 0.25) is 0 Å². The van der Waals surface area contributed by atoms with E-state index in [9.17, 15) is 13.2 Å². The fraction of sp³-hybridized carbons (Fsp3) is 0.455. The molecule has 1 saturated heterocycles. The van der Waals surface area contributed by atoms with Gasteiger partial charge in [0.1, 0.15) is 5.75 Å². The Morgan fingerprint density at radius 1 is 1.24 bits per heavy atom. The molecule has 1 atom stereocenters. The second kappa shape index (κ2) is 4.93. The molecule has 1 aromatic carbocycles. The van der Waals surface area contributed by atoms with Gasteiger partial charge in [-0.15, -0.1) is 13.2 Å². The fourth-order valence-electron chi connectivity index (χ4n) is 1.66. The molecule has 0 radical (unpaired) electrons. The molecule has 1 aromatic rings. The van der Waals surface area contributed by atoms with Crippen LogP contribution in [0, 0.1) is 0 Å². The van der Waals surface area contributed by atoms with Crippen LogP contribution < -0.4 is 10.1 Å². The van der Waals surface area contributed by atoms with Crippen molar-refractivity contribution in [2.75, 3.05) is 19.7 Å². The number of nitrogens with one attached hydrogen (secondary N) is 1. The quantitative estimate of drug-likeness (QED) is 0.869. The van der Waals surface area contributed by atoms with Crippen LogP contribution >= 0.6 is 0 Å². The Bertz CT molecular complexity index is 358. The molecule has 17 heavy (non-hydrogen) atoms. The van der Waals surface area contributed by atoms with Gasteiger partial charge in [0, 0.05) is 13.1 Å². The van der Waals surface area contributed by atoms with Gasteiger partial charge in [0.05, 0.1) is 12.7 Å². The second-order valence-corrected chi connectivity index (χ2v) is 3.68. The van der Waals surface area contributed by atoms with E-state index in [1.165, 1.54) is 12.1 Å². The molecule has 2 rings (SSSR count). The summed E-state index contributed by atoms with van der Waals surface area (Å²) in [4.78, 5) is 0. The Morgan fingerprint density at radius 3 is 2.47 bits per heavy atom. The smallest absolute Gasteiger partial charge is 0.406 e. The first kappa shape index (κ1) is 12.2. The van der Waals surface area contributed by atoms with Gasteiger partial charge in [-0.25, -0.2) is 0 Å². The van der Waals surface area contributed by atoms with Crippen molar-refractivity contribution < 1.29 is 22.6 Å². The highest BCUT2D eigenvalue weighted by Crippen LogP contribution is 2.25. The molecule has 0 saturated carbocycles. The van der Waals surface area contributed by atoms with E-state index in [-0.39, 0.29) is 11.9 Å².